The van der Waals surface area contributed by atoms with E-state index < -0.39 is 5.97 Å². The number of hydrogen-bond acceptors (Lipinski definition) is 4. The van der Waals surface area contributed by atoms with Crippen molar-refractivity contribution < 1.29 is 19.4 Å². The Hall–Kier alpha value is -1.32. The summed E-state index contributed by atoms with van der Waals surface area (Å²) in [5.74, 6) is -0.355. The smallest absolute Gasteiger partial charge is 0.337 e. The first-order chi connectivity index (χ1) is 9.10. The second kappa shape index (κ2) is 7.97. The van der Waals surface area contributed by atoms with E-state index in [1.165, 1.54) is 0 Å². The molecule has 0 radical (unpaired) electrons. The quantitative estimate of drug-likeness (QED) is 0.719. The van der Waals surface area contributed by atoms with Gasteiger partial charge in [-0.1, -0.05) is 13.3 Å². The Morgan fingerprint density at radius 2 is 2.11 bits per heavy atom. The molecular formula is C15H24O4. The number of ketones is 1. The fraction of sp³-hybridized carbons (Fsp3) is 0.733. The van der Waals surface area contributed by atoms with E-state index in [0.29, 0.717) is 24.8 Å². The lowest BCUT2D eigenvalue weighted by Gasteiger charge is -2.24. The topological polar surface area (TPSA) is 63.6 Å². The van der Waals surface area contributed by atoms with Crippen molar-refractivity contribution in [2.75, 3.05) is 6.61 Å². The molecule has 1 aliphatic rings. The monoisotopic (exact) mass is 268 g/mol. The number of unbranched alkanes of at least 4 members (excludes halogenated alkanes) is 1. The molecule has 0 bridgehead atoms. The molecule has 0 spiro atoms. The average Bonchev–Trinajstić information content (AvgIpc) is 2.36. The molecule has 1 rings (SSSR count). The first kappa shape index (κ1) is 15.7. The van der Waals surface area contributed by atoms with Gasteiger partial charge in [0.1, 0.15) is 11.5 Å². The highest BCUT2D eigenvalue weighted by molar-refractivity contribution is 5.91. The molecule has 1 aliphatic carbocycles. The van der Waals surface area contributed by atoms with Crippen molar-refractivity contribution in [1.29, 1.82) is 0 Å². The SMILES string of the molecule is CCCCC(=O)C[C@H]1CCCC(O)=C1C(=O)OCC. The summed E-state index contributed by atoms with van der Waals surface area (Å²) in [6.07, 6.45) is 4.88. The van der Waals surface area contributed by atoms with Crippen LogP contribution < -0.4 is 0 Å². The van der Waals surface area contributed by atoms with Crippen LogP contribution in [-0.2, 0) is 14.3 Å². The van der Waals surface area contributed by atoms with Crippen LogP contribution in [0.4, 0.5) is 0 Å². The van der Waals surface area contributed by atoms with Crippen LogP contribution in [0.15, 0.2) is 11.3 Å². The summed E-state index contributed by atoms with van der Waals surface area (Å²) < 4.78 is 4.98. The zero-order chi connectivity index (χ0) is 14.3. The van der Waals surface area contributed by atoms with E-state index in [2.05, 4.69) is 0 Å². The molecule has 0 heterocycles. The standard InChI is InChI=1S/C15H24O4/c1-3-5-8-12(16)10-11-7-6-9-13(17)14(11)15(18)19-4-2/h11,17H,3-10H2,1-2H3/t11-/m1/s1. The van der Waals surface area contributed by atoms with Gasteiger partial charge in [-0.2, -0.15) is 0 Å². The Kier molecular flexibility index (Phi) is 6.60. The molecule has 0 aromatic heterocycles. The van der Waals surface area contributed by atoms with Gasteiger partial charge in [0.2, 0.25) is 0 Å². The van der Waals surface area contributed by atoms with Gasteiger partial charge in [-0.25, -0.2) is 4.79 Å². The van der Waals surface area contributed by atoms with Crippen LogP contribution in [0, 0.1) is 5.92 Å². The van der Waals surface area contributed by atoms with Crippen molar-refractivity contribution in [3.05, 3.63) is 11.3 Å². The number of rotatable bonds is 7. The summed E-state index contributed by atoms with van der Waals surface area (Å²) in [5.41, 5.74) is 0.331. The third-order valence-electron chi connectivity index (χ3n) is 3.46. The first-order valence-corrected chi connectivity index (χ1v) is 7.20. The number of carbonyl (C=O) groups is 2. The molecule has 0 aromatic rings. The van der Waals surface area contributed by atoms with Gasteiger partial charge in [-0.05, 0) is 26.2 Å². The summed E-state index contributed by atoms with van der Waals surface area (Å²) in [6.45, 7) is 4.06. The normalized spacial score (nSPS) is 19.4. The van der Waals surface area contributed by atoms with Crippen LogP contribution in [0.3, 0.4) is 0 Å². The predicted octanol–water partition coefficient (Wildman–Crippen LogP) is 3.31. The van der Waals surface area contributed by atoms with Crippen LogP contribution in [0.2, 0.25) is 0 Å². The Morgan fingerprint density at radius 1 is 1.37 bits per heavy atom. The molecule has 0 fully saturated rings. The van der Waals surface area contributed by atoms with Crippen molar-refractivity contribution in [3.8, 4) is 0 Å². The van der Waals surface area contributed by atoms with Gasteiger partial charge in [0.25, 0.3) is 0 Å². The number of Topliss-reactive ketones (excluding diaryl/α,β-unsaturated/α-hetero) is 1. The molecule has 0 aromatic carbocycles. The molecule has 4 nitrogen and oxygen atoms in total. The lowest BCUT2D eigenvalue weighted by atomic mass is 9.82. The minimum absolute atomic E-state index is 0.109. The van der Waals surface area contributed by atoms with Crippen molar-refractivity contribution in [2.24, 2.45) is 5.92 Å². The van der Waals surface area contributed by atoms with Gasteiger partial charge < -0.3 is 9.84 Å². The summed E-state index contributed by atoms with van der Waals surface area (Å²) in [7, 11) is 0. The molecule has 0 saturated carbocycles. The minimum Gasteiger partial charge on any atom is -0.512 e. The number of carbonyl (C=O) groups excluding carboxylic acids is 2. The van der Waals surface area contributed by atoms with E-state index in [4.69, 9.17) is 4.74 Å². The van der Waals surface area contributed by atoms with E-state index >= 15 is 0 Å². The Morgan fingerprint density at radius 3 is 2.74 bits per heavy atom. The van der Waals surface area contributed by atoms with E-state index in [-0.39, 0.29) is 24.1 Å². The highest BCUT2D eigenvalue weighted by atomic mass is 16.5. The summed E-state index contributed by atoms with van der Waals surface area (Å²) >= 11 is 0. The third kappa shape index (κ3) is 4.69. The second-order valence-corrected chi connectivity index (χ2v) is 5.02. The van der Waals surface area contributed by atoms with Gasteiger partial charge in [0.05, 0.1) is 12.2 Å². The summed E-state index contributed by atoms with van der Waals surface area (Å²) in [5, 5.41) is 9.89. The molecule has 0 aliphatic heterocycles. The number of ether oxygens (including phenoxy) is 1. The molecule has 4 heteroatoms. The van der Waals surface area contributed by atoms with Gasteiger partial charge in [0, 0.05) is 25.2 Å². The number of esters is 1. The van der Waals surface area contributed by atoms with E-state index in [1.807, 2.05) is 6.92 Å². The van der Waals surface area contributed by atoms with Gasteiger partial charge in [0.15, 0.2) is 0 Å². The highest BCUT2D eigenvalue weighted by Gasteiger charge is 2.30. The maximum Gasteiger partial charge on any atom is 0.337 e. The van der Waals surface area contributed by atoms with Crippen LogP contribution in [-0.4, -0.2) is 23.5 Å². The zero-order valence-corrected chi connectivity index (χ0v) is 11.9. The van der Waals surface area contributed by atoms with E-state index in [0.717, 1.165) is 25.7 Å². The highest BCUT2D eigenvalue weighted by Crippen LogP contribution is 2.32. The maximum atomic E-state index is 11.9. The predicted molar refractivity (Wildman–Crippen MR) is 72.8 cm³/mol. The zero-order valence-electron chi connectivity index (χ0n) is 11.9. The Labute approximate surface area is 114 Å². The van der Waals surface area contributed by atoms with Crippen molar-refractivity contribution in [2.45, 2.75) is 58.8 Å². The fourth-order valence-electron chi connectivity index (χ4n) is 2.48. The minimum atomic E-state index is -0.465. The molecule has 0 unspecified atom stereocenters. The third-order valence-corrected chi connectivity index (χ3v) is 3.46. The Bertz CT molecular complexity index is 357. The first-order valence-electron chi connectivity index (χ1n) is 7.20. The van der Waals surface area contributed by atoms with Gasteiger partial charge in [-0.3, -0.25) is 4.79 Å². The number of hydrogen-bond donors (Lipinski definition) is 1. The van der Waals surface area contributed by atoms with E-state index in [1.54, 1.807) is 6.92 Å². The van der Waals surface area contributed by atoms with Crippen LogP contribution in [0.25, 0.3) is 0 Å². The number of aliphatic hydroxyl groups excluding tert-OH is 1. The van der Waals surface area contributed by atoms with Crippen molar-refractivity contribution >= 4 is 11.8 Å². The lowest BCUT2D eigenvalue weighted by Crippen LogP contribution is -2.23. The number of aliphatic hydroxyl groups is 1. The fourth-order valence-corrected chi connectivity index (χ4v) is 2.48. The molecule has 1 atom stereocenters. The molecule has 0 saturated heterocycles. The maximum absolute atomic E-state index is 11.9. The summed E-state index contributed by atoms with van der Waals surface area (Å²) in [6, 6.07) is 0. The molecule has 0 amide bonds. The van der Waals surface area contributed by atoms with Crippen LogP contribution in [0.5, 0.6) is 0 Å². The van der Waals surface area contributed by atoms with E-state index in [9.17, 15) is 14.7 Å². The molecular weight excluding hydrogens is 244 g/mol. The molecule has 108 valence electrons. The largest absolute Gasteiger partial charge is 0.512 e. The van der Waals surface area contributed by atoms with Crippen molar-refractivity contribution in [3.63, 3.8) is 0 Å². The van der Waals surface area contributed by atoms with Crippen LogP contribution in [0.1, 0.15) is 58.8 Å². The second-order valence-electron chi connectivity index (χ2n) is 5.02. The molecule has 1 N–H and O–H groups in total. The number of allylic oxidation sites excluding steroid dienone is 1. The Balaban J connectivity index is 2.71. The molecule has 19 heavy (non-hydrogen) atoms. The average molecular weight is 268 g/mol. The lowest BCUT2D eigenvalue weighted by molar-refractivity contribution is -0.139. The van der Waals surface area contributed by atoms with Gasteiger partial charge in [-0.15, -0.1) is 0 Å². The van der Waals surface area contributed by atoms with Crippen molar-refractivity contribution in [1.82, 2.24) is 0 Å². The van der Waals surface area contributed by atoms with Gasteiger partial charge >= 0.3 is 5.97 Å². The summed E-state index contributed by atoms with van der Waals surface area (Å²) in [4.78, 5) is 23.7. The van der Waals surface area contributed by atoms with Crippen LogP contribution >= 0.6 is 0 Å².